The number of para-hydroxylation sites is 1. The number of carbonyl (C=O) groups excluding carboxylic acids is 1. The first-order valence-corrected chi connectivity index (χ1v) is 6.86. The van der Waals surface area contributed by atoms with Crippen molar-refractivity contribution in [1.29, 1.82) is 5.26 Å². The van der Waals surface area contributed by atoms with E-state index in [4.69, 9.17) is 27.3 Å². The van der Waals surface area contributed by atoms with Gasteiger partial charge in [-0.2, -0.15) is 5.26 Å². The van der Waals surface area contributed by atoms with Gasteiger partial charge in [-0.3, -0.25) is 4.79 Å². The summed E-state index contributed by atoms with van der Waals surface area (Å²) in [5.74, 6) is -0.236. The van der Waals surface area contributed by atoms with Crippen LogP contribution < -0.4 is 10.5 Å². The lowest BCUT2D eigenvalue weighted by molar-refractivity contribution is -0.114. The average molecular weight is 313 g/mol. The second-order valence-corrected chi connectivity index (χ2v) is 4.86. The Morgan fingerprint density at radius 2 is 1.91 bits per heavy atom. The van der Waals surface area contributed by atoms with Crippen LogP contribution in [0.3, 0.4) is 0 Å². The molecule has 0 aliphatic carbocycles. The number of benzene rings is 2. The minimum absolute atomic E-state index is 0.131. The summed E-state index contributed by atoms with van der Waals surface area (Å²) in [5, 5.41) is 9.53. The SMILES string of the molecule is N#C/C(=C\c1ccccc1OCc1ccccc1Cl)C(N)=O. The first kappa shape index (κ1) is 15.6. The van der Waals surface area contributed by atoms with Crippen LogP contribution in [0.4, 0.5) is 0 Å². The summed E-state index contributed by atoms with van der Waals surface area (Å²) >= 11 is 6.08. The van der Waals surface area contributed by atoms with Gasteiger partial charge in [0.25, 0.3) is 5.91 Å². The molecule has 0 aliphatic rings. The van der Waals surface area contributed by atoms with Crippen LogP contribution in [-0.4, -0.2) is 5.91 Å². The third kappa shape index (κ3) is 3.87. The average Bonchev–Trinajstić information content (AvgIpc) is 2.52. The van der Waals surface area contributed by atoms with Gasteiger partial charge in [-0.15, -0.1) is 0 Å². The van der Waals surface area contributed by atoms with Gasteiger partial charge in [0.15, 0.2) is 0 Å². The van der Waals surface area contributed by atoms with Crippen molar-refractivity contribution < 1.29 is 9.53 Å². The number of nitrogens with two attached hydrogens (primary N) is 1. The van der Waals surface area contributed by atoms with Crippen molar-refractivity contribution in [3.05, 3.63) is 70.3 Å². The fraction of sp³-hybridized carbons (Fsp3) is 0.0588. The van der Waals surface area contributed by atoms with E-state index in [0.29, 0.717) is 16.3 Å². The highest BCUT2D eigenvalue weighted by Gasteiger charge is 2.08. The van der Waals surface area contributed by atoms with Gasteiger partial charge in [0.05, 0.1) is 0 Å². The van der Waals surface area contributed by atoms with Crippen molar-refractivity contribution in [1.82, 2.24) is 0 Å². The number of nitrogens with zero attached hydrogens (tertiary/aromatic N) is 1. The van der Waals surface area contributed by atoms with Gasteiger partial charge in [-0.1, -0.05) is 48.0 Å². The Kier molecular flexibility index (Phi) is 5.18. The summed E-state index contributed by atoms with van der Waals surface area (Å²) in [6.07, 6.45) is 1.41. The van der Waals surface area contributed by atoms with Crippen LogP contribution in [0.1, 0.15) is 11.1 Å². The normalized spacial score (nSPS) is 10.8. The minimum Gasteiger partial charge on any atom is -0.488 e. The molecule has 1 amide bonds. The molecule has 2 aromatic rings. The van der Waals surface area contributed by atoms with Crippen LogP contribution in [0.5, 0.6) is 5.75 Å². The molecule has 0 saturated carbocycles. The van der Waals surface area contributed by atoms with E-state index in [-0.39, 0.29) is 12.2 Å². The molecule has 0 aliphatic heterocycles. The van der Waals surface area contributed by atoms with Gasteiger partial charge in [0.1, 0.15) is 24.0 Å². The first-order chi connectivity index (χ1) is 10.6. The zero-order valence-corrected chi connectivity index (χ0v) is 12.4. The molecular formula is C17H13ClN2O2. The van der Waals surface area contributed by atoms with Crippen LogP contribution in [0, 0.1) is 11.3 Å². The lowest BCUT2D eigenvalue weighted by atomic mass is 10.1. The highest BCUT2D eigenvalue weighted by molar-refractivity contribution is 6.31. The van der Waals surface area contributed by atoms with Crippen LogP contribution in [-0.2, 0) is 11.4 Å². The summed E-state index contributed by atoms with van der Waals surface area (Å²) in [6, 6.07) is 16.2. The van der Waals surface area contributed by atoms with E-state index < -0.39 is 5.91 Å². The summed E-state index contributed by atoms with van der Waals surface area (Å²) < 4.78 is 5.74. The molecule has 0 radical (unpaired) electrons. The van der Waals surface area contributed by atoms with E-state index in [1.807, 2.05) is 18.2 Å². The van der Waals surface area contributed by atoms with E-state index in [9.17, 15) is 4.79 Å². The standard InChI is InChI=1S/C17H13ClN2O2/c18-15-7-3-1-6-13(15)11-22-16-8-4-2-5-12(16)9-14(10-19)17(20)21/h1-9H,11H2,(H2,20,21)/b14-9+. The Bertz CT molecular complexity index is 763. The molecule has 4 nitrogen and oxygen atoms in total. The van der Waals surface area contributed by atoms with E-state index in [1.54, 1.807) is 36.4 Å². The maximum atomic E-state index is 11.1. The van der Waals surface area contributed by atoms with Gasteiger partial charge in [-0.25, -0.2) is 0 Å². The van der Waals surface area contributed by atoms with Gasteiger partial charge >= 0.3 is 0 Å². The van der Waals surface area contributed by atoms with E-state index in [0.717, 1.165) is 5.56 Å². The Morgan fingerprint density at radius 3 is 2.59 bits per heavy atom. The number of ether oxygens (including phenoxy) is 1. The second kappa shape index (κ2) is 7.30. The van der Waals surface area contributed by atoms with Crippen molar-refractivity contribution in [2.75, 3.05) is 0 Å². The van der Waals surface area contributed by atoms with Gasteiger partial charge in [0.2, 0.25) is 0 Å². The molecule has 2 N–H and O–H groups in total. The molecular weight excluding hydrogens is 300 g/mol. The quantitative estimate of drug-likeness (QED) is 0.679. The molecule has 2 aromatic carbocycles. The summed E-state index contributed by atoms with van der Waals surface area (Å²) in [7, 11) is 0. The number of hydrogen-bond donors (Lipinski definition) is 1. The number of hydrogen-bond acceptors (Lipinski definition) is 3. The van der Waals surface area contributed by atoms with Gasteiger partial charge < -0.3 is 10.5 Å². The number of nitriles is 1. The molecule has 22 heavy (non-hydrogen) atoms. The Morgan fingerprint density at radius 1 is 1.23 bits per heavy atom. The summed E-state index contributed by atoms with van der Waals surface area (Å²) in [5.41, 5.74) is 6.46. The smallest absolute Gasteiger partial charge is 0.259 e. The molecule has 2 rings (SSSR count). The highest BCUT2D eigenvalue weighted by atomic mass is 35.5. The summed E-state index contributed by atoms with van der Waals surface area (Å²) in [4.78, 5) is 11.1. The topological polar surface area (TPSA) is 76.1 Å². The molecule has 110 valence electrons. The van der Waals surface area contributed by atoms with Crippen LogP contribution in [0.15, 0.2) is 54.1 Å². The number of amides is 1. The van der Waals surface area contributed by atoms with Gasteiger partial charge in [-0.05, 0) is 18.2 Å². The van der Waals surface area contributed by atoms with E-state index in [2.05, 4.69) is 0 Å². The van der Waals surface area contributed by atoms with E-state index in [1.165, 1.54) is 6.08 Å². The Hall–Kier alpha value is -2.77. The van der Waals surface area contributed by atoms with E-state index >= 15 is 0 Å². The lowest BCUT2D eigenvalue weighted by Gasteiger charge is -2.10. The monoisotopic (exact) mass is 312 g/mol. The molecule has 0 atom stereocenters. The third-order valence-corrected chi connectivity index (χ3v) is 3.31. The van der Waals surface area contributed by atoms with Crippen molar-refractivity contribution in [3.63, 3.8) is 0 Å². The molecule has 0 heterocycles. The zero-order chi connectivity index (χ0) is 15.9. The summed E-state index contributed by atoms with van der Waals surface area (Å²) in [6.45, 7) is 0.281. The van der Waals surface area contributed by atoms with Crippen molar-refractivity contribution in [3.8, 4) is 11.8 Å². The van der Waals surface area contributed by atoms with Crippen molar-refractivity contribution in [2.45, 2.75) is 6.61 Å². The second-order valence-electron chi connectivity index (χ2n) is 4.45. The molecule has 0 spiro atoms. The third-order valence-electron chi connectivity index (χ3n) is 2.95. The molecule has 0 fully saturated rings. The fourth-order valence-corrected chi connectivity index (χ4v) is 2.01. The maximum absolute atomic E-state index is 11.1. The zero-order valence-electron chi connectivity index (χ0n) is 11.6. The largest absolute Gasteiger partial charge is 0.488 e. The predicted molar refractivity (Wildman–Crippen MR) is 85.0 cm³/mol. The van der Waals surface area contributed by atoms with Crippen molar-refractivity contribution >= 4 is 23.6 Å². The highest BCUT2D eigenvalue weighted by Crippen LogP contribution is 2.23. The fourth-order valence-electron chi connectivity index (χ4n) is 1.82. The number of primary amides is 1. The van der Waals surface area contributed by atoms with Crippen LogP contribution >= 0.6 is 11.6 Å². The molecule has 0 saturated heterocycles. The molecule has 5 heteroatoms. The van der Waals surface area contributed by atoms with Crippen LogP contribution in [0.2, 0.25) is 5.02 Å². The van der Waals surface area contributed by atoms with Crippen molar-refractivity contribution in [2.24, 2.45) is 5.73 Å². The molecule has 0 unspecified atom stereocenters. The number of rotatable bonds is 5. The lowest BCUT2D eigenvalue weighted by Crippen LogP contribution is -2.12. The Balaban J connectivity index is 2.24. The van der Waals surface area contributed by atoms with Crippen LogP contribution in [0.25, 0.3) is 6.08 Å². The minimum atomic E-state index is -0.775. The maximum Gasteiger partial charge on any atom is 0.259 e. The first-order valence-electron chi connectivity index (χ1n) is 6.48. The number of carbonyl (C=O) groups is 1. The Labute approximate surface area is 133 Å². The molecule has 0 aromatic heterocycles. The predicted octanol–water partition coefficient (Wildman–Crippen LogP) is 3.31. The molecule has 0 bridgehead atoms. The van der Waals surface area contributed by atoms with Gasteiger partial charge in [0, 0.05) is 16.1 Å². The number of halogens is 1.